The molecule has 20 heavy (non-hydrogen) atoms. The van der Waals surface area contributed by atoms with Gasteiger partial charge in [-0.25, -0.2) is 0 Å². The lowest BCUT2D eigenvalue weighted by Gasteiger charge is -2.33. The number of piperidine rings is 1. The maximum absolute atomic E-state index is 11.0. The molecule has 1 heterocycles. The highest BCUT2D eigenvalue weighted by atomic mass is 16.6. The van der Waals surface area contributed by atoms with E-state index in [2.05, 4.69) is 5.32 Å². The normalized spacial score (nSPS) is 16.1. The average molecular weight is 278 g/mol. The zero-order chi connectivity index (χ0) is 14.5. The first-order valence-corrected chi connectivity index (χ1v) is 6.58. The molecule has 0 aromatic heterocycles. The van der Waals surface area contributed by atoms with Crippen LogP contribution in [0.2, 0.25) is 0 Å². The van der Waals surface area contributed by atoms with Crippen LogP contribution in [0.15, 0.2) is 24.3 Å². The van der Waals surface area contributed by atoms with Crippen LogP contribution in [0.25, 0.3) is 0 Å². The fraction of sp³-hybridized carbons (Fsp3) is 0.462. The highest BCUT2D eigenvalue weighted by Crippen LogP contribution is 2.29. The first-order valence-electron chi connectivity index (χ1n) is 6.58. The molecular formula is C13H18N4O3. The minimum Gasteiger partial charge on any atom is -0.369 e. The predicted molar refractivity (Wildman–Crippen MR) is 75.5 cm³/mol. The second-order valence-corrected chi connectivity index (χ2v) is 4.85. The number of hydrogen-bond donors (Lipinski definition) is 2. The molecule has 1 aromatic carbocycles. The van der Waals surface area contributed by atoms with Gasteiger partial charge in [0.2, 0.25) is 5.91 Å². The summed E-state index contributed by atoms with van der Waals surface area (Å²) in [4.78, 5) is 23.4. The van der Waals surface area contributed by atoms with E-state index in [1.165, 1.54) is 6.07 Å². The lowest BCUT2D eigenvalue weighted by atomic mass is 10.0. The number of primary amides is 1. The number of para-hydroxylation sites is 2. The van der Waals surface area contributed by atoms with E-state index >= 15 is 0 Å². The Hall–Kier alpha value is -2.15. The van der Waals surface area contributed by atoms with Crippen molar-refractivity contribution >= 4 is 17.3 Å². The van der Waals surface area contributed by atoms with Crippen molar-refractivity contribution < 1.29 is 9.72 Å². The number of nitro groups is 1. The zero-order valence-corrected chi connectivity index (χ0v) is 11.1. The highest BCUT2D eigenvalue weighted by molar-refractivity contribution is 5.75. The number of nitrogens with zero attached hydrogens (tertiary/aromatic N) is 2. The van der Waals surface area contributed by atoms with Crippen molar-refractivity contribution in [1.82, 2.24) is 5.32 Å². The second-order valence-electron chi connectivity index (χ2n) is 4.85. The number of anilines is 1. The number of nitrogens with two attached hydrogens (primary N) is 1. The van der Waals surface area contributed by atoms with Gasteiger partial charge in [-0.1, -0.05) is 12.1 Å². The van der Waals surface area contributed by atoms with Crippen LogP contribution in [0.3, 0.4) is 0 Å². The van der Waals surface area contributed by atoms with Crippen LogP contribution in [-0.4, -0.2) is 36.5 Å². The third-order valence-electron chi connectivity index (χ3n) is 3.48. The molecule has 0 aliphatic carbocycles. The third-order valence-corrected chi connectivity index (χ3v) is 3.48. The molecule has 7 heteroatoms. The van der Waals surface area contributed by atoms with Crippen molar-refractivity contribution in [3.8, 4) is 0 Å². The second kappa shape index (κ2) is 6.33. The quantitative estimate of drug-likeness (QED) is 0.608. The Morgan fingerprint density at radius 2 is 2.05 bits per heavy atom. The molecule has 1 saturated heterocycles. The van der Waals surface area contributed by atoms with Crippen LogP contribution in [-0.2, 0) is 4.79 Å². The van der Waals surface area contributed by atoms with Gasteiger partial charge in [-0.3, -0.25) is 14.9 Å². The summed E-state index contributed by atoms with van der Waals surface area (Å²) in [5.74, 6) is -0.369. The van der Waals surface area contributed by atoms with E-state index < -0.39 is 0 Å². The van der Waals surface area contributed by atoms with Crippen LogP contribution in [0.5, 0.6) is 0 Å². The summed E-state index contributed by atoms with van der Waals surface area (Å²) >= 11 is 0. The van der Waals surface area contributed by atoms with Crippen LogP contribution >= 0.6 is 0 Å². The van der Waals surface area contributed by atoms with Gasteiger partial charge in [0.25, 0.3) is 5.69 Å². The van der Waals surface area contributed by atoms with Gasteiger partial charge in [0.05, 0.1) is 11.5 Å². The molecule has 3 N–H and O–H groups in total. The van der Waals surface area contributed by atoms with E-state index in [0.717, 1.165) is 25.9 Å². The Labute approximate surface area is 116 Å². The Balaban J connectivity index is 1.97. The number of nitro benzene ring substituents is 1. The number of benzene rings is 1. The summed E-state index contributed by atoms with van der Waals surface area (Å²) in [5.41, 5.74) is 5.89. The van der Waals surface area contributed by atoms with Gasteiger partial charge in [0, 0.05) is 25.2 Å². The van der Waals surface area contributed by atoms with E-state index in [4.69, 9.17) is 5.73 Å². The Bertz CT molecular complexity index is 498. The van der Waals surface area contributed by atoms with Crippen molar-refractivity contribution in [2.45, 2.75) is 18.9 Å². The van der Waals surface area contributed by atoms with E-state index in [-0.39, 0.29) is 29.1 Å². The van der Waals surface area contributed by atoms with Gasteiger partial charge in [-0.15, -0.1) is 0 Å². The highest BCUT2D eigenvalue weighted by Gasteiger charge is 2.24. The summed E-state index contributed by atoms with van der Waals surface area (Å²) in [6.07, 6.45) is 1.67. The van der Waals surface area contributed by atoms with Crippen molar-refractivity contribution in [3.05, 3.63) is 34.4 Å². The standard InChI is InChI=1S/C13H18N4O3/c14-13(18)9-15-10-5-7-16(8-6-10)11-3-1-2-4-12(11)17(19)20/h1-4,10,15H,5-9H2,(H2,14,18). The molecule has 0 unspecified atom stereocenters. The molecule has 1 aliphatic heterocycles. The largest absolute Gasteiger partial charge is 0.369 e. The first-order chi connectivity index (χ1) is 9.58. The van der Waals surface area contributed by atoms with Crippen LogP contribution in [0, 0.1) is 10.1 Å². The van der Waals surface area contributed by atoms with Crippen molar-refractivity contribution in [3.63, 3.8) is 0 Å². The van der Waals surface area contributed by atoms with E-state index in [0.29, 0.717) is 5.69 Å². The molecule has 0 spiro atoms. The Morgan fingerprint density at radius 1 is 1.40 bits per heavy atom. The third kappa shape index (κ3) is 3.45. The monoisotopic (exact) mass is 278 g/mol. The lowest BCUT2D eigenvalue weighted by Crippen LogP contribution is -2.45. The maximum Gasteiger partial charge on any atom is 0.292 e. The number of carbonyl (C=O) groups is 1. The molecule has 1 fully saturated rings. The SMILES string of the molecule is NC(=O)CNC1CCN(c2ccccc2[N+](=O)[O-])CC1. The van der Waals surface area contributed by atoms with Crippen LogP contribution in [0.4, 0.5) is 11.4 Å². The molecule has 108 valence electrons. The van der Waals surface area contributed by atoms with Crippen molar-refractivity contribution in [2.24, 2.45) is 5.73 Å². The number of hydrogen-bond acceptors (Lipinski definition) is 5. The van der Waals surface area contributed by atoms with Crippen LogP contribution < -0.4 is 16.0 Å². The first kappa shape index (κ1) is 14.3. The predicted octanol–water partition coefficient (Wildman–Crippen LogP) is 0.639. The molecule has 2 rings (SSSR count). The summed E-state index contributed by atoms with van der Waals surface area (Å²) in [6.45, 7) is 1.62. The smallest absolute Gasteiger partial charge is 0.292 e. The Kier molecular flexibility index (Phi) is 4.52. The Morgan fingerprint density at radius 3 is 2.65 bits per heavy atom. The fourth-order valence-electron chi connectivity index (χ4n) is 2.46. The lowest BCUT2D eigenvalue weighted by molar-refractivity contribution is -0.384. The summed E-state index contributed by atoms with van der Waals surface area (Å²) in [5, 5.41) is 14.1. The fourth-order valence-corrected chi connectivity index (χ4v) is 2.46. The van der Waals surface area contributed by atoms with E-state index in [1.54, 1.807) is 18.2 Å². The zero-order valence-electron chi connectivity index (χ0n) is 11.1. The molecule has 1 aromatic rings. The molecule has 0 radical (unpaired) electrons. The summed E-state index contributed by atoms with van der Waals surface area (Å²) in [7, 11) is 0. The minimum absolute atomic E-state index is 0.135. The minimum atomic E-state index is -0.369. The topological polar surface area (TPSA) is 102 Å². The van der Waals surface area contributed by atoms with Gasteiger partial charge in [0.15, 0.2) is 0 Å². The van der Waals surface area contributed by atoms with E-state index in [9.17, 15) is 14.9 Å². The van der Waals surface area contributed by atoms with Gasteiger partial charge in [-0.2, -0.15) is 0 Å². The molecular weight excluding hydrogens is 260 g/mol. The molecule has 0 bridgehead atoms. The number of amides is 1. The molecule has 7 nitrogen and oxygen atoms in total. The molecule has 1 amide bonds. The van der Waals surface area contributed by atoms with Gasteiger partial charge in [-0.05, 0) is 18.9 Å². The van der Waals surface area contributed by atoms with Gasteiger partial charge < -0.3 is 16.0 Å². The van der Waals surface area contributed by atoms with Crippen molar-refractivity contribution in [2.75, 3.05) is 24.5 Å². The number of rotatable bonds is 5. The van der Waals surface area contributed by atoms with Gasteiger partial charge >= 0.3 is 0 Å². The van der Waals surface area contributed by atoms with Crippen molar-refractivity contribution in [1.29, 1.82) is 0 Å². The van der Waals surface area contributed by atoms with Crippen LogP contribution in [0.1, 0.15) is 12.8 Å². The molecule has 1 aliphatic rings. The molecule has 0 atom stereocenters. The van der Waals surface area contributed by atoms with Gasteiger partial charge in [0.1, 0.15) is 5.69 Å². The number of nitrogens with one attached hydrogen (secondary N) is 1. The average Bonchev–Trinajstić information content (AvgIpc) is 2.45. The van der Waals surface area contributed by atoms with E-state index in [1.807, 2.05) is 4.90 Å². The molecule has 0 saturated carbocycles. The summed E-state index contributed by atoms with van der Waals surface area (Å²) < 4.78 is 0. The maximum atomic E-state index is 11.0. The number of carbonyl (C=O) groups excluding carboxylic acids is 1. The summed E-state index contributed by atoms with van der Waals surface area (Å²) in [6, 6.07) is 7.01.